The highest BCUT2D eigenvalue weighted by Crippen LogP contribution is 2.15. The van der Waals surface area contributed by atoms with Crippen molar-refractivity contribution in [3.63, 3.8) is 0 Å². The van der Waals surface area contributed by atoms with Crippen LogP contribution >= 0.6 is 35.7 Å². The number of rotatable bonds is 4. The Balaban J connectivity index is 0.00000225. The van der Waals surface area contributed by atoms with Gasteiger partial charge in [-0.2, -0.15) is 11.8 Å². The van der Waals surface area contributed by atoms with E-state index in [1.807, 2.05) is 11.8 Å². The molecule has 0 amide bonds. The molecule has 0 atom stereocenters. The summed E-state index contributed by atoms with van der Waals surface area (Å²) in [5.74, 6) is 2.78. The topological polar surface area (TPSA) is 41.6 Å². The van der Waals surface area contributed by atoms with Crippen LogP contribution in [-0.4, -0.2) is 42.5 Å². The largest absolute Gasteiger partial charge is 0.370 e. The van der Waals surface area contributed by atoms with E-state index in [0.717, 1.165) is 37.9 Å². The van der Waals surface area contributed by atoms with Gasteiger partial charge in [0.15, 0.2) is 5.96 Å². The van der Waals surface area contributed by atoms with Crippen LogP contribution in [-0.2, 0) is 0 Å². The monoisotopic (exact) mass is 357 g/mol. The fourth-order valence-corrected chi connectivity index (χ4v) is 2.16. The van der Waals surface area contributed by atoms with Gasteiger partial charge in [0, 0.05) is 19.6 Å². The van der Waals surface area contributed by atoms with Crippen molar-refractivity contribution in [1.82, 2.24) is 4.90 Å². The van der Waals surface area contributed by atoms with Crippen molar-refractivity contribution in [3.8, 4) is 0 Å². The van der Waals surface area contributed by atoms with E-state index < -0.39 is 0 Å². The van der Waals surface area contributed by atoms with Crippen LogP contribution in [0.1, 0.15) is 26.2 Å². The molecule has 0 aliphatic carbocycles. The highest BCUT2D eigenvalue weighted by molar-refractivity contribution is 14.0. The van der Waals surface area contributed by atoms with Gasteiger partial charge < -0.3 is 10.6 Å². The highest BCUT2D eigenvalue weighted by Gasteiger charge is 2.16. The maximum absolute atomic E-state index is 5.95. The van der Waals surface area contributed by atoms with Crippen LogP contribution in [0.15, 0.2) is 4.99 Å². The third-order valence-electron chi connectivity index (χ3n) is 2.89. The molecule has 0 aromatic rings. The lowest BCUT2D eigenvalue weighted by molar-refractivity contribution is 0.277. The second-order valence-corrected chi connectivity index (χ2v) is 5.24. The smallest absolute Gasteiger partial charge is 0.191 e. The number of aliphatic imine (C=N–C) groups is 1. The summed E-state index contributed by atoms with van der Waals surface area (Å²) in [5, 5.41) is 0. The lowest BCUT2D eigenvalue weighted by atomic mass is 10.00. The third-order valence-corrected chi connectivity index (χ3v) is 3.58. The van der Waals surface area contributed by atoms with Gasteiger partial charge in [-0.25, -0.2) is 0 Å². The van der Waals surface area contributed by atoms with Gasteiger partial charge in [0.05, 0.1) is 0 Å². The number of likely N-dealkylation sites (tertiary alicyclic amines) is 1. The average Bonchev–Trinajstić information content (AvgIpc) is 2.25. The lowest BCUT2D eigenvalue weighted by Crippen LogP contribution is -2.42. The van der Waals surface area contributed by atoms with Crippen LogP contribution in [0.4, 0.5) is 0 Å². The lowest BCUT2D eigenvalue weighted by Gasteiger charge is -2.31. The maximum atomic E-state index is 5.95. The van der Waals surface area contributed by atoms with Crippen molar-refractivity contribution in [3.05, 3.63) is 0 Å². The molecule has 16 heavy (non-hydrogen) atoms. The van der Waals surface area contributed by atoms with E-state index in [0.29, 0.717) is 0 Å². The van der Waals surface area contributed by atoms with Crippen molar-refractivity contribution in [1.29, 1.82) is 0 Å². The zero-order chi connectivity index (χ0) is 11.1. The molecule has 0 aromatic carbocycles. The Morgan fingerprint density at radius 3 is 2.62 bits per heavy atom. The zero-order valence-corrected chi connectivity index (χ0v) is 13.5. The fraction of sp³-hybridized carbons (Fsp3) is 0.909. The number of piperidine rings is 1. The summed E-state index contributed by atoms with van der Waals surface area (Å²) in [7, 11) is 0. The molecule has 0 radical (unpaired) electrons. The minimum absolute atomic E-state index is 0. The molecule has 1 saturated heterocycles. The zero-order valence-electron chi connectivity index (χ0n) is 10.3. The molecule has 96 valence electrons. The molecule has 0 bridgehead atoms. The molecule has 0 unspecified atom stereocenters. The Morgan fingerprint density at radius 1 is 1.44 bits per heavy atom. The normalized spacial score (nSPS) is 18.4. The molecule has 0 spiro atoms. The predicted octanol–water partition coefficient (Wildman–Crippen LogP) is 2.40. The number of nitrogens with zero attached hydrogens (tertiary/aromatic N) is 2. The molecule has 2 N–H and O–H groups in total. The van der Waals surface area contributed by atoms with Crippen molar-refractivity contribution in [2.75, 3.05) is 31.6 Å². The van der Waals surface area contributed by atoms with Gasteiger partial charge in [-0.3, -0.25) is 4.99 Å². The van der Waals surface area contributed by atoms with Crippen molar-refractivity contribution in [2.45, 2.75) is 26.2 Å². The van der Waals surface area contributed by atoms with E-state index in [2.05, 4.69) is 23.1 Å². The number of hydrogen-bond acceptors (Lipinski definition) is 2. The summed E-state index contributed by atoms with van der Waals surface area (Å²) in [5.41, 5.74) is 5.95. The van der Waals surface area contributed by atoms with Crippen LogP contribution in [0.25, 0.3) is 0 Å². The molecule has 0 saturated carbocycles. The second kappa shape index (κ2) is 9.39. The highest BCUT2D eigenvalue weighted by atomic mass is 127. The summed E-state index contributed by atoms with van der Waals surface area (Å²) < 4.78 is 0. The third kappa shape index (κ3) is 6.18. The molecule has 1 aliphatic rings. The molecule has 1 fully saturated rings. The SMILES string of the molecule is CSCCCN=C(N)N1CCC(C)CC1.I. The van der Waals surface area contributed by atoms with Crippen molar-refractivity contribution < 1.29 is 0 Å². The molecule has 3 nitrogen and oxygen atoms in total. The molecule has 1 rings (SSSR count). The minimum Gasteiger partial charge on any atom is -0.370 e. The quantitative estimate of drug-likeness (QED) is 0.364. The Hall–Kier alpha value is 0.350. The Morgan fingerprint density at radius 2 is 2.06 bits per heavy atom. The molecule has 1 aliphatic heterocycles. The number of thioether (sulfide) groups is 1. The molecule has 0 aromatic heterocycles. The minimum atomic E-state index is 0. The Kier molecular flexibility index (Phi) is 9.59. The molecular weight excluding hydrogens is 333 g/mol. The van der Waals surface area contributed by atoms with E-state index >= 15 is 0 Å². The first-order chi connectivity index (χ1) is 7.24. The van der Waals surface area contributed by atoms with E-state index in [1.165, 1.54) is 18.6 Å². The van der Waals surface area contributed by atoms with Crippen LogP contribution < -0.4 is 5.73 Å². The van der Waals surface area contributed by atoms with E-state index in [1.54, 1.807) is 0 Å². The molecular formula is C11H24IN3S. The average molecular weight is 357 g/mol. The van der Waals surface area contributed by atoms with Gasteiger partial charge in [0.2, 0.25) is 0 Å². The first-order valence-corrected chi connectivity index (χ1v) is 7.17. The van der Waals surface area contributed by atoms with Crippen molar-refractivity contribution in [2.24, 2.45) is 16.6 Å². The predicted molar refractivity (Wildman–Crippen MR) is 84.9 cm³/mol. The first kappa shape index (κ1) is 16.4. The van der Waals surface area contributed by atoms with Crippen LogP contribution in [0, 0.1) is 5.92 Å². The van der Waals surface area contributed by atoms with Gasteiger partial charge >= 0.3 is 0 Å². The van der Waals surface area contributed by atoms with Gasteiger partial charge in [0.1, 0.15) is 0 Å². The number of halogens is 1. The van der Waals surface area contributed by atoms with Gasteiger partial charge in [-0.05, 0) is 37.2 Å². The van der Waals surface area contributed by atoms with E-state index in [-0.39, 0.29) is 24.0 Å². The fourth-order valence-electron chi connectivity index (χ4n) is 1.74. The van der Waals surface area contributed by atoms with Gasteiger partial charge in [0.25, 0.3) is 0 Å². The van der Waals surface area contributed by atoms with Gasteiger partial charge in [-0.1, -0.05) is 6.92 Å². The Bertz CT molecular complexity index is 203. The van der Waals surface area contributed by atoms with E-state index in [9.17, 15) is 0 Å². The number of nitrogens with two attached hydrogens (primary N) is 1. The molecule has 1 heterocycles. The summed E-state index contributed by atoms with van der Waals surface area (Å²) in [6, 6.07) is 0. The summed E-state index contributed by atoms with van der Waals surface area (Å²) >= 11 is 1.87. The first-order valence-electron chi connectivity index (χ1n) is 5.78. The summed E-state index contributed by atoms with van der Waals surface area (Å²) in [6.07, 6.45) is 5.76. The second-order valence-electron chi connectivity index (χ2n) is 4.26. The Labute approximate surface area is 121 Å². The number of hydrogen-bond donors (Lipinski definition) is 1. The summed E-state index contributed by atoms with van der Waals surface area (Å²) in [4.78, 5) is 6.64. The van der Waals surface area contributed by atoms with Crippen molar-refractivity contribution >= 4 is 41.7 Å². The molecule has 5 heteroatoms. The maximum Gasteiger partial charge on any atom is 0.191 e. The number of guanidine groups is 1. The van der Waals surface area contributed by atoms with Crippen LogP contribution in [0.3, 0.4) is 0 Å². The van der Waals surface area contributed by atoms with E-state index in [4.69, 9.17) is 5.73 Å². The summed E-state index contributed by atoms with van der Waals surface area (Å²) in [6.45, 7) is 5.35. The van der Waals surface area contributed by atoms with Crippen LogP contribution in [0.5, 0.6) is 0 Å². The standard InChI is InChI=1S/C11H23N3S.HI/c1-10-4-7-14(8-5-10)11(12)13-6-3-9-15-2;/h10H,3-9H2,1-2H3,(H2,12,13);1H. The van der Waals surface area contributed by atoms with Gasteiger partial charge in [-0.15, -0.1) is 24.0 Å². The van der Waals surface area contributed by atoms with Crippen LogP contribution in [0.2, 0.25) is 0 Å².